The molecule has 0 atom stereocenters. The molecule has 2 heterocycles. The highest BCUT2D eigenvalue weighted by molar-refractivity contribution is 7.90. The molecule has 0 bridgehead atoms. The maximum atomic E-state index is 12.8. The third-order valence-corrected chi connectivity index (χ3v) is 6.23. The summed E-state index contributed by atoms with van der Waals surface area (Å²) < 4.78 is 30.8. The molecule has 0 saturated carbocycles. The first-order valence-corrected chi connectivity index (χ1v) is 10.6. The fourth-order valence-corrected chi connectivity index (χ4v) is 4.82. The summed E-state index contributed by atoms with van der Waals surface area (Å²) >= 11 is 6.12. The number of hydrogen-bond donors (Lipinski definition) is 1. The van der Waals surface area contributed by atoms with Crippen molar-refractivity contribution in [3.63, 3.8) is 0 Å². The number of hydrogen-bond acceptors (Lipinski definition) is 5. The average Bonchev–Trinajstić information content (AvgIpc) is 3.14. The Labute approximate surface area is 166 Å². The second-order valence-electron chi connectivity index (χ2n) is 6.35. The van der Waals surface area contributed by atoms with E-state index in [2.05, 4.69) is 10.4 Å². The number of carbonyl (C=O) groups is 1. The van der Waals surface area contributed by atoms with E-state index in [0.717, 1.165) is 0 Å². The zero-order chi connectivity index (χ0) is 19.9. The number of aromatic nitrogens is 2. The third kappa shape index (κ3) is 3.36. The number of rotatable bonds is 4. The number of benzene rings is 2. The molecule has 1 aromatic heterocycles. The van der Waals surface area contributed by atoms with Crippen LogP contribution in [0.25, 0.3) is 5.69 Å². The van der Waals surface area contributed by atoms with E-state index < -0.39 is 15.7 Å². The molecule has 0 aliphatic carbocycles. The third-order valence-electron chi connectivity index (χ3n) is 4.45. The Morgan fingerprint density at radius 3 is 2.54 bits per heavy atom. The summed E-state index contributed by atoms with van der Waals surface area (Å²) in [5.41, 5.74) is 1.89. The standard InChI is InChI=1S/C19H16ClN3O4S/c1-27-13-8-6-12(7-9-13)23-18(15-10-28(25,26)11-17(15)22-23)21-19(24)14-4-2-3-5-16(14)20/h2-9H,10-11H2,1H3,(H,21,24). The predicted molar refractivity (Wildman–Crippen MR) is 106 cm³/mol. The normalized spacial score (nSPS) is 14.5. The van der Waals surface area contributed by atoms with Gasteiger partial charge in [-0.3, -0.25) is 4.79 Å². The van der Waals surface area contributed by atoms with Crippen LogP contribution in [0.2, 0.25) is 5.02 Å². The van der Waals surface area contributed by atoms with Crippen LogP contribution in [0.15, 0.2) is 48.5 Å². The Bertz CT molecular complexity index is 1170. The Hall–Kier alpha value is -2.84. The highest BCUT2D eigenvalue weighted by Crippen LogP contribution is 2.33. The van der Waals surface area contributed by atoms with Crippen LogP contribution < -0.4 is 10.1 Å². The van der Waals surface area contributed by atoms with Gasteiger partial charge in [-0.05, 0) is 36.4 Å². The fraction of sp³-hybridized carbons (Fsp3) is 0.158. The van der Waals surface area contributed by atoms with E-state index in [0.29, 0.717) is 39.1 Å². The van der Waals surface area contributed by atoms with Gasteiger partial charge in [0.05, 0.1) is 40.6 Å². The van der Waals surface area contributed by atoms with Crippen LogP contribution >= 0.6 is 11.6 Å². The summed E-state index contributed by atoms with van der Waals surface area (Å²) in [5, 5.41) is 7.53. The maximum absolute atomic E-state index is 12.8. The Morgan fingerprint density at radius 2 is 1.86 bits per heavy atom. The van der Waals surface area contributed by atoms with Gasteiger partial charge in [-0.2, -0.15) is 5.10 Å². The molecule has 1 aliphatic rings. The van der Waals surface area contributed by atoms with Crippen molar-refractivity contribution in [2.24, 2.45) is 0 Å². The molecule has 4 rings (SSSR count). The summed E-state index contributed by atoms with van der Waals surface area (Å²) in [5.74, 6) is 0.239. The Kier molecular flexibility index (Phi) is 4.60. The van der Waals surface area contributed by atoms with Crippen LogP contribution in [0.3, 0.4) is 0 Å². The second-order valence-corrected chi connectivity index (χ2v) is 8.82. The van der Waals surface area contributed by atoms with Gasteiger partial charge in [-0.1, -0.05) is 23.7 Å². The smallest absolute Gasteiger partial charge is 0.258 e. The van der Waals surface area contributed by atoms with Crippen LogP contribution in [-0.2, 0) is 21.3 Å². The molecule has 1 aliphatic heterocycles. The lowest BCUT2D eigenvalue weighted by Crippen LogP contribution is -2.17. The number of nitrogens with zero attached hydrogens (tertiary/aromatic N) is 2. The number of amides is 1. The van der Waals surface area contributed by atoms with Crippen molar-refractivity contribution in [2.75, 3.05) is 12.4 Å². The van der Waals surface area contributed by atoms with E-state index in [1.165, 1.54) is 4.68 Å². The molecule has 0 saturated heterocycles. The molecule has 1 amide bonds. The molecule has 0 unspecified atom stereocenters. The summed E-state index contributed by atoms with van der Waals surface area (Å²) in [4.78, 5) is 12.8. The van der Waals surface area contributed by atoms with Gasteiger partial charge in [-0.15, -0.1) is 0 Å². The van der Waals surface area contributed by atoms with E-state index >= 15 is 0 Å². The van der Waals surface area contributed by atoms with Crippen molar-refractivity contribution < 1.29 is 17.9 Å². The van der Waals surface area contributed by atoms with Gasteiger partial charge in [0.25, 0.3) is 5.91 Å². The van der Waals surface area contributed by atoms with E-state index in [1.807, 2.05) is 0 Å². The van der Waals surface area contributed by atoms with Crippen LogP contribution in [0.1, 0.15) is 21.6 Å². The molecular weight excluding hydrogens is 402 g/mol. The monoisotopic (exact) mass is 417 g/mol. The number of carbonyl (C=O) groups excluding carboxylic acids is 1. The topological polar surface area (TPSA) is 90.3 Å². The second kappa shape index (κ2) is 6.96. The fourth-order valence-electron chi connectivity index (χ4n) is 3.10. The first-order chi connectivity index (χ1) is 13.4. The first kappa shape index (κ1) is 18.5. The molecule has 0 spiro atoms. The quantitative estimate of drug-likeness (QED) is 0.703. The van der Waals surface area contributed by atoms with Gasteiger partial charge in [0.1, 0.15) is 11.6 Å². The predicted octanol–water partition coefficient (Wildman–Crippen LogP) is 3.22. The number of sulfone groups is 1. The van der Waals surface area contributed by atoms with Crippen molar-refractivity contribution in [2.45, 2.75) is 11.5 Å². The zero-order valence-electron chi connectivity index (χ0n) is 14.8. The first-order valence-electron chi connectivity index (χ1n) is 8.39. The van der Waals surface area contributed by atoms with Crippen molar-refractivity contribution in [3.8, 4) is 11.4 Å². The van der Waals surface area contributed by atoms with Gasteiger partial charge in [0, 0.05) is 5.56 Å². The number of fused-ring (bicyclic) bond motifs is 1. The summed E-state index contributed by atoms with van der Waals surface area (Å²) in [6.45, 7) is 0. The largest absolute Gasteiger partial charge is 0.497 e. The molecular formula is C19H16ClN3O4S. The van der Waals surface area contributed by atoms with Crippen LogP contribution in [0, 0.1) is 0 Å². The minimum absolute atomic E-state index is 0.152. The van der Waals surface area contributed by atoms with E-state index in [1.54, 1.807) is 55.6 Å². The van der Waals surface area contributed by atoms with Crippen LogP contribution in [-0.4, -0.2) is 31.2 Å². The Morgan fingerprint density at radius 1 is 1.14 bits per heavy atom. The molecule has 28 heavy (non-hydrogen) atoms. The maximum Gasteiger partial charge on any atom is 0.258 e. The minimum atomic E-state index is -3.28. The molecule has 7 nitrogen and oxygen atoms in total. The number of methoxy groups -OCH3 is 1. The summed E-state index contributed by atoms with van der Waals surface area (Å²) in [7, 11) is -1.71. The van der Waals surface area contributed by atoms with E-state index in [4.69, 9.17) is 16.3 Å². The van der Waals surface area contributed by atoms with Gasteiger partial charge in [0.2, 0.25) is 0 Å². The molecule has 0 fully saturated rings. The number of halogens is 1. The van der Waals surface area contributed by atoms with E-state index in [-0.39, 0.29) is 11.5 Å². The van der Waals surface area contributed by atoms with Crippen molar-refractivity contribution in [3.05, 3.63) is 70.4 Å². The Balaban J connectivity index is 1.78. The summed E-state index contributed by atoms with van der Waals surface area (Å²) in [6, 6.07) is 13.7. The van der Waals surface area contributed by atoms with Crippen molar-refractivity contribution in [1.82, 2.24) is 9.78 Å². The SMILES string of the molecule is COc1ccc(-n2nc3c(c2NC(=O)c2ccccc2Cl)CS(=O)(=O)C3)cc1. The highest BCUT2D eigenvalue weighted by atomic mass is 35.5. The molecule has 1 N–H and O–H groups in total. The van der Waals surface area contributed by atoms with Gasteiger partial charge >= 0.3 is 0 Å². The molecule has 3 aromatic rings. The molecule has 9 heteroatoms. The number of ether oxygens (including phenoxy) is 1. The van der Waals surface area contributed by atoms with Crippen LogP contribution in [0.5, 0.6) is 5.75 Å². The lowest BCUT2D eigenvalue weighted by Gasteiger charge is -2.12. The van der Waals surface area contributed by atoms with Crippen molar-refractivity contribution in [1.29, 1.82) is 0 Å². The average molecular weight is 418 g/mol. The molecule has 144 valence electrons. The number of anilines is 1. The lowest BCUT2D eigenvalue weighted by atomic mass is 10.2. The lowest BCUT2D eigenvalue weighted by molar-refractivity contribution is 0.102. The van der Waals surface area contributed by atoms with E-state index in [9.17, 15) is 13.2 Å². The van der Waals surface area contributed by atoms with Gasteiger partial charge in [-0.25, -0.2) is 13.1 Å². The van der Waals surface area contributed by atoms with Crippen LogP contribution in [0.4, 0.5) is 5.82 Å². The number of nitrogens with one attached hydrogen (secondary N) is 1. The molecule has 2 aromatic carbocycles. The van der Waals surface area contributed by atoms with Gasteiger partial charge in [0.15, 0.2) is 9.84 Å². The molecule has 0 radical (unpaired) electrons. The summed E-state index contributed by atoms with van der Waals surface area (Å²) in [6.07, 6.45) is 0. The van der Waals surface area contributed by atoms with Gasteiger partial charge < -0.3 is 10.1 Å². The highest BCUT2D eigenvalue weighted by Gasteiger charge is 2.33. The van der Waals surface area contributed by atoms with Crippen molar-refractivity contribution >= 4 is 33.2 Å². The minimum Gasteiger partial charge on any atom is -0.497 e. The zero-order valence-corrected chi connectivity index (χ0v) is 16.4.